The van der Waals surface area contributed by atoms with Gasteiger partial charge in [-0.2, -0.15) is 0 Å². The molecule has 0 aliphatic carbocycles. The molecule has 0 saturated heterocycles. The van der Waals surface area contributed by atoms with E-state index in [1.165, 1.54) is 0 Å². The van der Waals surface area contributed by atoms with Crippen LogP contribution in [0.25, 0.3) is 32.7 Å². The van der Waals surface area contributed by atoms with Gasteiger partial charge in [-0.25, -0.2) is 4.79 Å². The quantitative estimate of drug-likeness (QED) is 0.164. The Bertz CT molecular complexity index is 1490. The Kier molecular flexibility index (Phi) is 4.88. The Hall–Kier alpha value is -4.44. The van der Waals surface area contributed by atoms with Crippen molar-refractivity contribution in [3.05, 3.63) is 109 Å². The molecule has 0 atom stereocenters. The van der Waals surface area contributed by atoms with Crippen LogP contribution in [0.3, 0.4) is 0 Å². The fourth-order valence-corrected chi connectivity index (χ4v) is 3.97. The molecule has 1 N–H and O–H groups in total. The van der Waals surface area contributed by atoms with Gasteiger partial charge in [0.15, 0.2) is 0 Å². The Morgan fingerprint density at radius 2 is 1.16 bits per heavy atom. The minimum atomic E-state index is -0.979. The first-order valence-electron chi connectivity index (χ1n) is 10.2. The van der Waals surface area contributed by atoms with Crippen molar-refractivity contribution in [2.45, 2.75) is 0 Å². The number of carbonyl (C=O) groups is 2. The Morgan fingerprint density at radius 3 is 1.84 bits per heavy atom. The summed E-state index contributed by atoms with van der Waals surface area (Å²) in [4.78, 5) is 25.4. The number of hydrogen-bond donors (Lipinski definition) is 1. The van der Waals surface area contributed by atoms with Gasteiger partial charge in [0.2, 0.25) is 0 Å². The van der Waals surface area contributed by atoms with Crippen LogP contribution in [0.2, 0.25) is 0 Å². The van der Waals surface area contributed by atoms with Crippen molar-refractivity contribution in [2.24, 2.45) is 0 Å². The SMILES string of the molecule is O=C(Oc1ccc2ccccc2c1-c1c(O)ccc2ccccc12)C(=O)c1ccccc1. The van der Waals surface area contributed by atoms with Crippen molar-refractivity contribution in [3.8, 4) is 22.6 Å². The molecule has 0 spiro atoms. The van der Waals surface area contributed by atoms with Gasteiger partial charge in [-0.1, -0.05) is 91.0 Å². The topological polar surface area (TPSA) is 63.6 Å². The number of aromatic hydroxyl groups is 1. The van der Waals surface area contributed by atoms with Crippen LogP contribution >= 0.6 is 0 Å². The minimum absolute atomic E-state index is 0.0618. The number of ether oxygens (including phenoxy) is 1. The highest BCUT2D eigenvalue weighted by Crippen LogP contribution is 2.45. The lowest BCUT2D eigenvalue weighted by atomic mass is 9.92. The van der Waals surface area contributed by atoms with E-state index in [1.54, 1.807) is 42.5 Å². The van der Waals surface area contributed by atoms with Crippen LogP contribution in [0.4, 0.5) is 0 Å². The first-order valence-corrected chi connectivity index (χ1v) is 10.2. The van der Waals surface area contributed by atoms with Crippen molar-refractivity contribution in [2.75, 3.05) is 0 Å². The number of Topliss-reactive ketones (excluding diaryl/α,β-unsaturated/α-hetero) is 1. The first-order chi connectivity index (χ1) is 15.6. The lowest BCUT2D eigenvalue weighted by molar-refractivity contribution is -0.129. The number of hydrogen-bond acceptors (Lipinski definition) is 4. The van der Waals surface area contributed by atoms with Gasteiger partial charge in [0.05, 0.1) is 0 Å². The number of ketones is 1. The van der Waals surface area contributed by atoms with Crippen LogP contribution < -0.4 is 4.74 Å². The number of benzene rings is 5. The van der Waals surface area contributed by atoms with Crippen LogP contribution in [-0.4, -0.2) is 16.9 Å². The van der Waals surface area contributed by atoms with Crippen molar-refractivity contribution < 1.29 is 19.4 Å². The summed E-state index contributed by atoms with van der Waals surface area (Å²) in [5, 5.41) is 14.3. The second-order valence-corrected chi connectivity index (χ2v) is 7.43. The number of fused-ring (bicyclic) bond motifs is 2. The van der Waals surface area contributed by atoms with E-state index >= 15 is 0 Å². The molecule has 4 heteroatoms. The van der Waals surface area contributed by atoms with Crippen LogP contribution in [0.5, 0.6) is 11.5 Å². The molecule has 5 aromatic rings. The van der Waals surface area contributed by atoms with Gasteiger partial charge in [-0.15, -0.1) is 0 Å². The van der Waals surface area contributed by atoms with E-state index < -0.39 is 11.8 Å². The average molecular weight is 418 g/mol. The summed E-state index contributed by atoms with van der Waals surface area (Å²) < 4.78 is 5.63. The molecule has 4 nitrogen and oxygen atoms in total. The van der Waals surface area contributed by atoms with Crippen molar-refractivity contribution >= 4 is 33.3 Å². The molecule has 0 aliphatic heterocycles. The van der Waals surface area contributed by atoms with E-state index in [1.807, 2.05) is 60.7 Å². The monoisotopic (exact) mass is 418 g/mol. The van der Waals surface area contributed by atoms with E-state index in [0.717, 1.165) is 21.5 Å². The summed E-state index contributed by atoms with van der Waals surface area (Å²) in [5.41, 5.74) is 1.37. The van der Waals surface area contributed by atoms with Gasteiger partial charge >= 0.3 is 5.97 Å². The Balaban J connectivity index is 1.71. The van der Waals surface area contributed by atoms with E-state index in [0.29, 0.717) is 11.1 Å². The van der Waals surface area contributed by atoms with Gasteiger partial charge < -0.3 is 9.84 Å². The zero-order valence-corrected chi connectivity index (χ0v) is 17.0. The van der Waals surface area contributed by atoms with Crippen molar-refractivity contribution in [1.29, 1.82) is 0 Å². The summed E-state index contributed by atoms with van der Waals surface area (Å²) >= 11 is 0. The number of rotatable bonds is 4. The van der Waals surface area contributed by atoms with Gasteiger partial charge in [0, 0.05) is 16.7 Å². The summed E-state index contributed by atoms with van der Waals surface area (Å²) in [7, 11) is 0. The molecule has 0 amide bonds. The third-order valence-electron chi connectivity index (χ3n) is 5.47. The van der Waals surface area contributed by atoms with Crippen LogP contribution in [0.1, 0.15) is 10.4 Å². The maximum absolute atomic E-state index is 12.7. The maximum Gasteiger partial charge on any atom is 0.385 e. The fraction of sp³-hybridized carbons (Fsp3) is 0. The molecule has 0 radical (unpaired) electrons. The zero-order chi connectivity index (χ0) is 22.1. The molecule has 32 heavy (non-hydrogen) atoms. The molecule has 0 aromatic heterocycles. The lowest BCUT2D eigenvalue weighted by Gasteiger charge is -2.16. The van der Waals surface area contributed by atoms with E-state index in [9.17, 15) is 14.7 Å². The largest absolute Gasteiger partial charge is 0.507 e. The van der Waals surface area contributed by atoms with Crippen LogP contribution in [-0.2, 0) is 4.79 Å². The standard InChI is InChI=1S/C28H18O4/c29-23-16-14-18-8-4-6-12-21(18)25(23)26-22-13-7-5-9-19(22)15-17-24(26)32-28(31)27(30)20-10-2-1-3-11-20/h1-17,29H. The van der Waals surface area contributed by atoms with E-state index in [2.05, 4.69) is 0 Å². The van der Waals surface area contributed by atoms with E-state index in [-0.39, 0.29) is 17.1 Å². The summed E-state index contributed by atoms with van der Waals surface area (Å²) in [6.07, 6.45) is 0. The van der Waals surface area contributed by atoms with Gasteiger partial charge in [-0.3, -0.25) is 4.79 Å². The highest BCUT2D eigenvalue weighted by Gasteiger charge is 2.23. The second kappa shape index (κ2) is 8.00. The molecular weight excluding hydrogens is 400 g/mol. The predicted molar refractivity (Wildman–Crippen MR) is 125 cm³/mol. The first kappa shape index (κ1) is 19.5. The fourth-order valence-electron chi connectivity index (χ4n) is 3.97. The molecule has 0 saturated carbocycles. The summed E-state index contributed by atoms with van der Waals surface area (Å²) in [6, 6.07) is 30.6. The molecular formula is C28H18O4. The second-order valence-electron chi connectivity index (χ2n) is 7.43. The molecule has 0 bridgehead atoms. The zero-order valence-electron chi connectivity index (χ0n) is 17.0. The van der Waals surface area contributed by atoms with Gasteiger partial charge in [-0.05, 0) is 33.7 Å². The third kappa shape index (κ3) is 3.38. The smallest absolute Gasteiger partial charge is 0.385 e. The lowest BCUT2D eigenvalue weighted by Crippen LogP contribution is -2.20. The van der Waals surface area contributed by atoms with Crippen molar-refractivity contribution in [3.63, 3.8) is 0 Å². The van der Waals surface area contributed by atoms with E-state index in [4.69, 9.17) is 4.74 Å². The van der Waals surface area contributed by atoms with Gasteiger partial charge in [0.1, 0.15) is 11.5 Å². The molecule has 5 rings (SSSR count). The molecule has 0 fully saturated rings. The van der Waals surface area contributed by atoms with Gasteiger partial charge in [0.25, 0.3) is 5.78 Å². The van der Waals surface area contributed by atoms with Crippen LogP contribution in [0.15, 0.2) is 103 Å². The highest BCUT2D eigenvalue weighted by atomic mass is 16.5. The van der Waals surface area contributed by atoms with Crippen LogP contribution in [0, 0.1) is 0 Å². The normalized spacial score (nSPS) is 10.9. The molecule has 0 aliphatic rings. The minimum Gasteiger partial charge on any atom is -0.507 e. The number of esters is 1. The highest BCUT2D eigenvalue weighted by molar-refractivity contribution is 6.41. The molecule has 0 unspecified atom stereocenters. The summed E-state index contributed by atoms with van der Waals surface area (Å²) in [5.74, 6) is -1.43. The average Bonchev–Trinajstić information content (AvgIpc) is 2.84. The Morgan fingerprint density at radius 1 is 0.594 bits per heavy atom. The third-order valence-corrected chi connectivity index (χ3v) is 5.47. The Labute approximate surface area is 184 Å². The molecule has 154 valence electrons. The molecule has 5 aromatic carbocycles. The number of phenolic OH excluding ortho intramolecular Hbond substituents is 1. The molecule has 0 heterocycles. The maximum atomic E-state index is 12.7. The number of carbonyl (C=O) groups excluding carboxylic acids is 2. The number of phenols is 1. The predicted octanol–water partition coefficient (Wildman–Crippen LogP) is 6.15. The van der Waals surface area contributed by atoms with Crippen molar-refractivity contribution in [1.82, 2.24) is 0 Å². The summed E-state index contributed by atoms with van der Waals surface area (Å²) in [6.45, 7) is 0.